The van der Waals surface area contributed by atoms with Crippen LogP contribution in [0.25, 0.3) is 0 Å². The number of anilines is 2. The lowest BCUT2D eigenvalue weighted by Gasteiger charge is -2.17. The van der Waals surface area contributed by atoms with Gasteiger partial charge in [0.25, 0.3) is 15.9 Å². The highest BCUT2D eigenvalue weighted by molar-refractivity contribution is 7.92. The fourth-order valence-electron chi connectivity index (χ4n) is 3.35. The Kier molecular flexibility index (Phi) is 7.15. The van der Waals surface area contributed by atoms with Crippen LogP contribution in [0.3, 0.4) is 0 Å². The van der Waals surface area contributed by atoms with Crippen molar-refractivity contribution in [2.45, 2.75) is 31.6 Å². The van der Waals surface area contributed by atoms with Crippen LogP contribution in [0, 0.1) is 5.82 Å². The van der Waals surface area contributed by atoms with Crippen molar-refractivity contribution >= 4 is 27.3 Å². The van der Waals surface area contributed by atoms with Gasteiger partial charge < -0.3 is 10.1 Å². The molecule has 0 bridgehead atoms. The number of hydrogen-bond donors (Lipinski definition) is 2. The van der Waals surface area contributed by atoms with Crippen molar-refractivity contribution in [2.24, 2.45) is 0 Å². The molecule has 1 amide bonds. The van der Waals surface area contributed by atoms with Crippen molar-refractivity contribution < 1.29 is 22.3 Å². The number of hydrogen-bond acceptors (Lipinski definition) is 4. The van der Waals surface area contributed by atoms with Gasteiger partial charge in [-0.05, 0) is 54.3 Å². The molecule has 0 heterocycles. The molecule has 0 aliphatic rings. The lowest BCUT2D eigenvalue weighted by atomic mass is 10.0. The Labute approximate surface area is 187 Å². The number of ether oxygens (including phenoxy) is 1. The minimum atomic E-state index is -3.97. The zero-order valence-corrected chi connectivity index (χ0v) is 18.9. The molecule has 0 radical (unpaired) electrons. The molecule has 0 aliphatic heterocycles. The van der Waals surface area contributed by atoms with Crippen LogP contribution in [0.2, 0.25) is 0 Å². The molecule has 0 saturated heterocycles. The summed E-state index contributed by atoms with van der Waals surface area (Å²) in [5, 5.41) is 2.54. The van der Waals surface area contributed by atoms with Gasteiger partial charge in [0.2, 0.25) is 0 Å². The lowest BCUT2D eigenvalue weighted by molar-refractivity contribution is 0.102. The fourth-order valence-corrected chi connectivity index (χ4v) is 4.52. The third-order valence-electron chi connectivity index (χ3n) is 5.08. The van der Waals surface area contributed by atoms with Crippen LogP contribution in [0.4, 0.5) is 15.8 Å². The number of amides is 1. The summed E-state index contributed by atoms with van der Waals surface area (Å²) < 4.78 is 48.3. The number of sulfonamides is 1. The van der Waals surface area contributed by atoms with Gasteiger partial charge in [0, 0.05) is 0 Å². The Morgan fingerprint density at radius 3 is 2.22 bits per heavy atom. The number of carbonyl (C=O) groups excluding carboxylic acids is 1. The average molecular weight is 457 g/mol. The summed E-state index contributed by atoms with van der Waals surface area (Å²) in [7, 11) is -2.57. The van der Waals surface area contributed by atoms with E-state index in [1.54, 1.807) is 0 Å². The van der Waals surface area contributed by atoms with Crippen molar-refractivity contribution in [1.29, 1.82) is 0 Å². The van der Waals surface area contributed by atoms with Crippen LogP contribution < -0.4 is 14.8 Å². The number of para-hydroxylation sites is 1. The Balaban J connectivity index is 1.97. The minimum Gasteiger partial charge on any atom is -0.495 e. The van der Waals surface area contributed by atoms with Crippen LogP contribution in [-0.4, -0.2) is 21.4 Å². The summed E-state index contributed by atoms with van der Waals surface area (Å²) in [5.41, 5.74) is 2.28. The molecule has 0 aromatic heterocycles. The van der Waals surface area contributed by atoms with Gasteiger partial charge in [-0.15, -0.1) is 0 Å². The second-order valence-electron chi connectivity index (χ2n) is 7.06. The van der Waals surface area contributed by atoms with Gasteiger partial charge in [-0.3, -0.25) is 9.52 Å². The first kappa shape index (κ1) is 23.3. The summed E-state index contributed by atoms with van der Waals surface area (Å²) in [6.45, 7) is 3.91. The molecule has 8 heteroatoms. The average Bonchev–Trinajstić information content (AvgIpc) is 2.79. The van der Waals surface area contributed by atoms with Crippen molar-refractivity contribution in [3.8, 4) is 5.75 Å². The summed E-state index contributed by atoms with van der Waals surface area (Å²) in [6, 6.07) is 15.3. The largest absolute Gasteiger partial charge is 0.495 e. The topological polar surface area (TPSA) is 84.5 Å². The van der Waals surface area contributed by atoms with E-state index in [0.717, 1.165) is 11.1 Å². The minimum absolute atomic E-state index is 0.0601. The standard InChI is InChI=1S/C24H25FN2O4S/c1-4-16-9-8-10-17(5-2)23(16)27-32(29,30)18-13-14-22(31-3)21(15-18)26-24(28)19-11-6-7-12-20(19)25/h6-15,27H,4-5H2,1-3H3,(H,26,28). The molecule has 3 aromatic carbocycles. The van der Waals surface area contributed by atoms with E-state index in [1.807, 2.05) is 32.0 Å². The molecule has 32 heavy (non-hydrogen) atoms. The summed E-state index contributed by atoms with van der Waals surface area (Å²) in [4.78, 5) is 12.5. The number of methoxy groups -OCH3 is 1. The molecule has 2 N–H and O–H groups in total. The number of benzene rings is 3. The molecule has 6 nitrogen and oxygen atoms in total. The first-order valence-electron chi connectivity index (χ1n) is 10.2. The van der Waals surface area contributed by atoms with E-state index in [4.69, 9.17) is 4.74 Å². The smallest absolute Gasteiger partial charge is 0.261 e. The quantitative estimate of drug-likeness (QED) is 0.499. The van der Waals surface area contributed by atoms with Gasteiger partial charge in [0.1, 0.15) is 11.6 Å². The summed E-state index contributed by atoms with van der Waals surface area (Å²) in [6.07, 6.45) is 1.33. The lowest BCUT2D eigenvalue weighted by Crippen LogP contribution is -2.17. The third kappa shape index (κ3) is 4.91. The number of rotatable bonds is 8. The first-order chi connectivity index (χ1) is 15.3. The third-order valence-corrected chi connectivity index (χ3v) is 6.43. The molecular weight excluding hydrogens is 431 g/mol. The van der Waals surface area contributed by atoms with Crippen molar-refractivity contribution in [2.75, 3.05) is 17.1 Å². The normalized spacial score (nSPS) is 11.1. The predicted molar refractivity (Wildman–Crippen MR) is 123 cm³/mol. The molecule has 0 saturated carbocycles. The van der Waals surface area contributed by atoms with Gasteiger partial charge in [0.05, 0.1) is 28.9 Å². The second kappa shape index (κ2) is 9.82. The highest BCUT2D eigenvalue weighted by atomic mass is 32.2. The van der Waals surface area contributed by atoms with E-state index >= 15 is 0 Å². The highest BCUT2D eigenvalue weighted by Crippen LogP contribution is 2.31. The fraction of sp³-hybridized carbons (Fsp3) is 0.208. The molecule has 0 atom stereocenters. The van der Waals surface area contributed by atoms with E-state index in [0.29, 0.717) is 18.5 Å². The van der Waals surface area contributed by atoms with Crippen molar-refractivity contribution in [3.05, 3.63) is 83.2 Å². The molecule has 3 rings (SSSR count). The van der Waals surface area contributed by atoms with E-state index in [-0.39, 0.29) is 21.9 Å². The number of nitrogens with one attached hydrogen (secondary N) is 2. The molecule has 168 valence electrons. The maximum Gasteiger partial charge on any atom is 0.261 e. The van der Waals surface area contributed by atoms with Crippen LogP contribution in [0.5, 0.6) is 5.75 Å². The van der Waals surface area contributed by atoms with Crippen LogP contribution >= 0.6 is 0 Å². The predicted octanol–water partition coefficient (Wildman–Crippen LogP) is 5.01. The van der Waals surface area contributed by atoms with E-state index in [1.165, 1.54) is 49.6 Å². The van der Waals surface area contributed by atoms with Gasteiger partial charge >= 0.3 is 0 Å². The highest BCUT2D eigenvalue weighted by Gasteiger charge is 2.21. The SMILES string of the molecule is CCc1cccc(CC)c1NS(=O)(=O)c1ccc(OC)c(NC(=O)c2ccccc2F)c1. The Hall–Kier alpha value is -3.39. The molecule has 0 spiro atoms. The monoisotopic (exact) mass is 456 g/mol. The maximum absolute atomic E-state index is 14.0. The van der Waals surface area contributed by atoms with Crippen molar-refractivity contribution in [1.82, 2.24) is 0 Å². The molecule has 0 aliphatic carbocycles. The Morgan fingerprint density at radius 1 is 0.969 bits per heavy atom. The zero-order valence-electron chi connectivity index (χ0n) is 18.1. The van der Waals surface area contributed by atoms with Crippen molar-refractivity contribution in [3.63, 3.8) is 0 Å². The molecule has 3 aromatic rings. The van der Waals surface area contributed by atoms with E-state index in [9.17, 15) is 17.6 Å². The van der Waals surface area contributed by atoms with Gasteiger partial charge in [-0.1, -0.05) is 44.2 Å². The maximum atomic E-state index is 14.0. The molecular formula is C24H25FN2O4S. The molecule has 0 unspecified atom stereocenters. The van der Waals surface area contributed by atoms with Crippen LogP contribution in [0.15, 0.2) is 65.6 Å². The summed E-state index contributed by atoms with van der Waals surface area (Å²) in [5.74, 6) is -1.15. The van der Waals surface area contributed by atoms with Gasteiger partial charge in [-0.25, -0.2) is 12.8 Å². The van der Waals surface area contributed by atoms with Gasteiger partial charge in [0.15, 0.2) is 0 Å². The number of halogens is 1. The number of aryl methyl sites for hydroxylation is 2. The first-order valence-corrected chi connectivity index (χ1v) is 11.7. The van der Waals surface area contributed by atoms with E-state index < -0.39 is 21.7 Å². The molecule has 0 fully saturated rings. The summed E-state index contributed by atoms with van der Waals surface area (Å²) >= 11 is 0. The van der Waals surface area contributed by atoms with E-state index in [2.05, 4.69) is 10.0 Å². The van der Waals surface area contributed by atoms with Gasteiger partial charge in [-0.2, -0.15) is 0 Å². The Morgan fingerprint density at radius 2 is 1.62 bits per heavy atom. The van der Waals surface area contributed by atoms with Crippen LogP contribution in [0.1, 0.15) is 35.3 Å². The zero-order chi connectivity index (χ0) is 23.3. The second-order valence-corrected chi connectivity index (χ2v) is 8.74. The van der Waals surface area contributed by atoms with Crippen LogP contribution in [-0.2, 0) is 22.9 Å². The Bertz CT molecular complexity index is 1220. The number of carbonyl (C=O) groups is 1.